The molecule has 3 nitrogen and oxygen atoms in total. The van der Waals surface area contributed by atoms with E-state index in [0.717, 1.165) is 16.7 Å². The molecule has 0 unspecified atom stereocenters. The minimum Gasteiger partial charge on any atom is -0.494 e. The summed E-state index contributed by atoms with van der Waals surface area (Å²) in [4.78, 5) is 11.8. The van der Waals surface area contributed by atoms with Crippen LogP contribution in [0.5, 0.6) is 5.88 Å². The first-order chi connectivity index (χ1) is 8.84. The van der Waals surface area contributed by atoms with Gasteiger partial charge in [-0.15, -0.1) is 11.3 Å². The first-order valence-corrected chi connectivity index (χ1v) is 5.90. The van der Waals surface area contributed by atoms with Crippen LogP contribution in [0.25, 0.3) is 0 Å². The zero-order valence-corrected chi connectivity index (χ0v) is 10.4. The number of carbonyl (C=O) groups is 1. The minimum atomic E-state index is -2.11. The fraction of sp³-hybridized carbons (Fsp3) is 0. The van der Waals surface area contributed by atoms with Gasteiger partial charge < -0.3 is 5.11 Å². The zero-order valence-electron chi connectivity index (χ0n) is 8.79. The van der Waals surface area contributed by atoms with Gasteiger partial charge in [0.15, 0.2) is 27.2 Å². The van der Waals surface area contributed by atoms with Crippen molar-refractivity contribution in [3.05, 3.63) is 44.2 Å². The predicted octanol–water partition coefficient (Wildman–Crippen LogP) is 3.23. The highest BCUT2D eigenvalue weighted by Crippen LogP contribution is 2.23. The van der Waals surface area contributed by atoms with Gasteiger partial charge in [-0.25, -0.2) is 22.1 Å². The Hall–Kier alpha value is -1.74. The molecule has 1 aromatic carbocycles. The molecule has 19 heavy (non-hydrogen) atoms. The highest BCUT2D eigenvalue weighted by atomic mass is 32.1. The summed E-state index contributed by atoms with van der Waals surface area (Å²) >= 11 is 5.49. The Labute approximate surface area is 112 Å². The number of aromatic nitrogens is 1. The molecule has 100 valence electrons. The Morgan fingerprint density at radius 1 is 1.21 bits per heavy atom. The molecular weight excluding hydrogens is 306 g/mol. The number of aromatic hydroxyl groups is 1. The van der Waals surface area contributed by atoms with Crippen molar-refractivity contribution in [2.24, 2.45) is 0 Å². The standard InChI is InChI=1S/C10H3F4NO2S2/c11-4-1-3(6(12)8(14)7(4)13)9(17)15-5(16)2-19-10(15)18/h1-2,16H. The lowest BCUT2D eigenvalue weighted by Crippen LogP contribution is -2.15. The second kappa shape index (κ2) is 4.74. The first-order valence-electron chi connectivity index (χ1n) is 4.61. The van der Waals surface area contributed by atoms with Crippen LogP contribution in [-0.4, -0.2) is 15.6 Å². The van der Waals surface area contributed by atoms with E-state index in [0.29, 0.717) is 4.57 Å². The number of hydrogen-bond donors (Lipinski definition) is 1. The van der Waals surface area contributed by atoms with Gasteiger partial charge in [-0.1, -0.05) is 0 Å². The van der Waals surface area contributed by atoms with Gasteiger partial charge in [0, 0.05) is 0 Å². The Balaban J connectivity index is 2.67. The third kappa shape index (κ3) is 2.15. The predicted molar refractivity (Wildman–Crippen MR) is 60.8 cm³/mol. The number of benzene rings is 1. The largest absolute Gasteiger partial charge is 0.494 e. The minimum absolute atomic E-state index is 0.146. The SMILES string of the molecule is O=C(c1cc(F)c(F)c(F)c1F)n1c(O)csc1=S. The Morgan fingerprint density at radius 3 is 2.37 bits per heavy atom. The van der Waals surface area contributed by atoms with E-state index in [4.69, 9.17) is 12.2 Å². The smallest absolute Gasteiger partial charge is 0.269 e. The second-order valence-corrected chi connectivity index (χ2v) is 4.85. The van der Waals surface area contributed by atoms with Crippen molar-refractivity contribution in [3.8, 4) is 5.88 Å². The van der Waals surface area contributed by atoms with Crippen LogP contribution in [0.3, 0.4) is 0 Å². The lowest BCUT2D eigenvalue weighted by atomic mass is 10.1. The molecule has 0 aliphatic rings. The van der Waals surface area contributed by atoms with E-state index in [1.54, 1.807) is 0 Å². The summed E-state index contributed by atoms with van der Waals surface area (Å²) in [5.41, 5.74) is -1.07. The van der Waals surface area contributed by atoms with Gasteiger partial charge in [-0.2, -0.15) is 0 Å². The Morgan fingerprint density at radius 2 is 1.84 bits per heavy atom. The van der Waals surface area contributed by atoms with E-state index < -0.39 is 40.6 Å². The van der Waals surface area contributed by atoms with Crippen LogP contribution >= 0.6 is 23.6 Å². The van der Waals surface area contributed by atoms with Crippen LogP contribution in [-0.2, 0) is 0 Å². The van der Waals surface area contributed by atoms with Crippen molar-refractivity contribution in [2.75, 3.05) is 0 Å². The van der Waals surface area contributed by atoms with Gasteiger partial charge in [-0.05, 0) is 18.3 Å². The fourth-order valence-electron chi connectivity index (χ4n) is 1.34. The molecule has 9 heteroatoms. The van der Waals surface area contributed by atoms with Crippen molar-refractivity contribution < 1.29 is 27.5 Å². The molecule has 0 bridgehead atoms. The van der Waals surface area contributed by atoms with Crippen LogP contribution < -0.4 is 0 Å². The Bertz CT molecular complexity index is 738. The van der Waals surface area contributed by atoms with Crippen molar-refractivity contribution in [2.45, 2.75) is 0 Å². The maximum Gasteiger partial charge on any atom is 0.269 e. The molecule has 1 heterocycles. The summed E-state index contributed by atoms with van der Waals surface area (Å²) in [5, 5.41) is 10.4. The average molecular weight is 309 g/mol. The van der Waals surface area contributed by atoms with Crippen molar-refractivity contribution in [1.82, 2.24) is 4.57 Å². The molecule has 0 aliphatic heterocycles. The van der Waals surface area contributed by atoms with Gasteiger partial charge >= 0.3 is 0 Å². The number of carbonyl (C=O) groups excluding carboxylic acids is 1. The molecular formula is C10H3F4NO2S2. The van der Waals surface area contributed by atoms with Crippen molar-refractivity contribution >= 4 is 29.5 Å². The fourth-order valence-corrected chi connectivity index (χ4v) is 2.25. The van der Waals surface area contributed by atoms with Gasteiger partial charge in [0.1, 0.15) is 0 Å². The highest BCUT2D eigenvalue weighted by molar-refractivity contribution is 7.73. The van der Waals surface area contributed by atoms with Crippen LogP contribution in [0.1, 0.15) is 10.4 Å². The topological polar surface area (TPSA) is 42.2 Å². The lowest BCUT2D eigenvalue weighted by molar-refractivity contribution is 0.0944. The summed E-state index contributed by atoms with van der Waals surface area (Å²) in [7, 11) is 0. The van der Waals surface area contributed by atoms with Gasteiger partial charge in [0.05, 0.1) is 10.9 Å². The number of thiazole rings is 1. The van der Waals surface area contributed by atoms with Crippen LogP contribution in [0, 0.1) is 27.2 Å². The molecule has 0 spiro atoms. The molecule has 1 N–H and O–H groups in total. The molecule has 0 saturated carbocycles. The van der Waals surface area contributed by atoms with Crippen LogP contribution in [0.15, 0.2) is 11.4 Å². The van der Waals surface area contributed by atoms with E-state index in [2.05, 4.69) is 0 Å². The third-order valence-electron chi connectivity index (χ3n) is 2.21. The number of nitrogens with zero attached hydrogens (tertiary/aromatic N) is 1. The summed E-state index contributed by atoms with van der Waals surface area (Å²) in [6.07, 6.45) is 0. The number of hydrogen-bond acceptors (Lipinski definition) is 4. The monoisotopic (exact) mass is 309 g/mol. The maximum atomic E-state index is 13.4. The van der Waals surface area contributed by atoms with E-state index in [1.807, 2.05) is 0 Å². The molecule has 1 aromatic heterocycles. The normalized spacial score (nSPS) is 10.7. The molecule has 0 atom stereocenters. The number of halogens is 4. The van der Waals surface area contributed by atoms with Gasteiger partial charge in [-0.3, -0.25) is 4.79 Å². The highest BCUT2D eigenvalue weighted by Gasteiger charge is 2.25. The van der Waals surface area contributed by atoms with Crippen LogP contribution in [0.4, 0.5) is 17.6 Å². The van der Waals surface area contributed by atoms with Gasteiger partial charge in [0.2, 0.25) is 5.88 Å². The quantitative estimate of drug-likeness (QED) is 0.381. The summed E-state index contributed by atoms with van der Waals surface area (Å²) < 4.78 is 52.5. The van der Waals surface area contributed by atoms with Crippen LogP contribution in [0.2, 0.25) is 0 Å². The maximum absolute atomic E-state index is 13.4. The van der Waals surface area contributed by atoms with Gasteiger partial charge in [0.25, 0.3) is 5.91 Å². The zero-order chi connectivity index (χ0) is 14.3. The number of rotatable bonds is 1. The average Bonchev–Trinajstić information content (AvgIpc) is 2.70. The van der Waals surface area contributed by atoms with E-state index in [9.17, 15) is 27.5 Å². The molecule has 2 rings (SSSR count). The third-order valence-corrected chi connectivity index (χ3v) is 3.40. The second-order valence-electron chi connectivity index (χ2n) is 3.35. The van der Waals surface area contributed by atoms with E-state index >= 15 is 0 Å². The molecule has 0 aliphatic carbocycles. The van der Waals surface area contributed by atoms with Crippen molar-refractivity contribution in [1.29, 1.82) is 0 Å². The summed E-state index contributed by atoms with van der Waals surface area (Å²) in [6, 6.07) is 0.203. The molecule has 0 fully saturated rings. The first kappa shape index (κ1) is 13.7. The van der Waals surface area contributed by atoms with E-state index in [1.165, 1.54) is 0 Å². The molecule has 0 amide bonds. The van der Waals surface area contributed by atoms with Crippen molar-refractivity contribution in [3.63, 3.8) is 0 Å². The lowest BCUT2D eigenvalue weighted by Gasteiger charge is -2.06. The molecule has 0 saturated heterocycles. The summed E-state index contributed by atoms with van der Waals surface area (Å²) in [6.45, 7) is 0. The Kier molecular flexibility index (Phi) is 3.42. The molecule has 0 radical (unpaired) electrons. The molecule has 2 aromatic rings. The van der Waals surface area contributed by atoms with E-state index in [-0.39, 0.29) is 10.0 Å². The summed E-state index contributed by atoms with van der Waals surface area (Å²) in [5.74, 6) is -9.60.